The molecular formula is C14H16O3. The lowest BCUT2D eigenvalue weighted by atomic mass is 10.1. The van der Waals surface area contributed by atoms with E-state index in [1.54, 1.807) is 6.08 Å². The maximum atomic E-state index is 10.6. The molecule has 17 heavy (non-hydrogen) atoms. The van der Waals surface area contributed by atoms with Crippen LogP contribution in [0.25, 0.3) is 5.57 Å². The summed E-state index contributed by atoms with van der Waals surface area (Å²) in [5.41, 5.74) is 2.01. The molecular weight excluding hydrogens is 216 g/mol. The second-order valence-electron chi connectivity index (χ2n) is 3.51. The number of carbonyl (C=O) groups is 1. The molecule has 0 saturated carbocycles. The summed E-state index contributed by atoms with van der Waals surface area (Å²) < 4.78 is 5.25. The third-order valence-corrected chi connectivity index (χ3v) is 2.16. The van der Waals surface area contributed by atoms with Crippen LogP contribution in [-0.4, -0.2) is 17.7 Å². The highest BCUT2D eigenvalue weighted by Gasteiger charge is 2.00. The molecule has 1 rings (SSSR count). The number of ether oxygens (including phenoxy) is 1. The van der Waals surface area contributed by atoms with Gasteiger partial charge in [-0.05, 0) is 31.1 Å². The average Bonchev–Trinajstić information content (AvgIpc) is 2.29. The van der Waals surface area contributed by atoms with Crippen molar-refractivity contribution in [1.29, 1.82) is 0 Å². The van der Waals surface area contributed by atoms with E-state index in [0.717, 1.165) is 17.2 Å². The van der Waals surface area contributed by atoms with Crippen LogP contribution in [-0.2, 0) is 9.53 Å². The summed E-state index contributed by atoms with van der Waals surface area (Å²) in [7, 11) is 0. The van der Waals surface area contributed by atoms with Crippen molar-refractivity contribution in [3.63, 3.8) is 0 Å². The maximum Gasteiger partial charge on any atom is 0.332 e. The van der Waals surface area contributed by atoms with E-state index >= 15 is 0 Å². The molecule has 0 aliphatic heterocycles. The molecule has 90 valence electrons. The number of hydrogen-bond acceptors (Lipinski definition) is 2. The fraction of sp³-hybridized carbons (Fsp3) is 0.214. The van der Waals surface area contributed by atoms with Crippen molar-refractivity contribution in [2.24, 2.45) is 0 Å². The number of carboxylic acids is 1. The number of hydrogen-bond donors (Lipinski definition) is 1. The predicted molar refractivity (Wildman–Crippen MR) is 67.4 cm³/mol. The molecule has 0 amide bonds. The third-order valence-electron chi connectivity index (χ3n) is 2.16. The summed E-state index contributed by atoms with van der Waals surface area (Å²) in [6, 6.07) is 9.75. The van der Waals surface area contributed by atoms with Crippen LogP contribution in [0.3, 0.4) is 0 Å². The van der Waals surface area contributed by atoms with E-state index in [2.05, 4.69) is 0 Å². The first-order chi connectivity index (χ1) is 8.13. The summed E-state index contributed by atoms with van der Waals surface area (Å²) in [6.07, 6.45) is 2.79. The highest BCUT2D eigenvalue weighted by atomic mass is 16.5. The molecule has 1 aromatic rings. The summed E-state index contributed by atoms with van der Waals surface area (Å²) in [5, 5.41) is 8.71. The smallest absolute Gasteiger partial charge is 0.332 e. The lowest BCUT2D eigenvalue weighted by molar-refractivity contribution is -0.131. The van der Waals surface area contributed by atoms with Gasteiger partial charge < -0.3 is 9.84 Å². The average molecular weight is 232 g/mol. The Labute approximate surface area is 101 Å². The van der Waals surface area contributed by atoms with Gasteiger partial charge in [-0.25, -0.2) is 4.79 Å². The second-order valence-corrected chi connectivity index (χ2v) is 3.51. The van der Waals surface area contributed by atoms with Gasteiger partial charge in [-0.2, -0.15) is 0 Å². The standard InChI is InChI=1S/C14H16O3/c1-3-17-13(10-14(15)16)9-11(2)12-7-5-4-6-8-12/h4-10H,3H2,1-2H3,(H,15,16)/b11-9+,13-10-. The minimum absolute atomic E-state index is 0.362. The van der Waals surface area contributed by atoms with Crippen molar-refractivity contribution in [3.05, 3.63) is 53.8 Å². The van der Waals surface area contributed by atoms with Crippen LogP contribution in [0.4, 0.5) is 0 Å². The van der Waals surface area contributed by atoms with E-state index in [1.807, 2.05) is 44.2 Å². The molecule has 0 aliphatic carbocycles. The molecule has 0 spiro atoms. The molecule has 3 nitrogen and oxygen atoms in total. The Balaban J connectivity index is 2.95. The van der Waals surface area contributed by atoms with Gasteiger partial charge in [0.15, 0.2) is 0 Å². The Kier molecular flexibility index (Phi) is 5.01. The van der Waals surface area contributed by atoms with E-state index in [-0.39, 0.29) is 0 Å². The van der Waals surface area contributed by atoms with E-state index in [4.69, 9.17) is 9.84 Å². The lowest BCUT2D eigenvalue weighted by Crippen LogP contribution is -1.96. The van der Waals surface area contributed by atoms with Crippen molar-refractivity contribution in [2.75, 3.05) is 6.61 Å². The highest BCUT2D eigenvalue weighted by molar-refractivity contribution is 5.81. The van der Waals surface area contributed by atoms with Gasteiger partial charge in [0.1, 0.15) is 5.76 Å². The number of rotatable bonds is 5. The van der Waals surface area contributed by atoms with E-state index < -0.39 is 5.97 Å². The van der Waals surface area contributed by atoms with Crippen LogP contribution >= 0.6 is 0 Å². The Bertz CT molecular complexity index is 430. The van der Waals surface area contributed by atoms with Crippen LogP contribution in [0.15, 0.2) is 48.2 Å². The van der Waals surface area contributed by atoms with Gasteiger partial charge in [0.2, 0.25) is 0 Å². The van der Waals surface area contributed by atoms with Crippen LogP contribution in [0.5, 0.6) is 0 Å². The summed E-state index contributed by atoms with van der Waals surface area (Å²) >= 11 is 0. The first-order valence-electron chi connectivity index (χ1n) is 5.44. The molecule has 0 radical (unpaired) electrons. The Morgan fingerprint density at radius 3 is 2.47 bits per heavy atom. The van der Waals surface area contributed by atoms with Gasteiger partial charge >= 0.3 is 5.97 Å². The minimum Gasteiger partial charge on any atom is -0.494 e. The van der Waals surface area contributed by atoms with Crippen LogP contribution in [0, 0.1) is 0 Å². The Morgan fingerprint density at radius 1 is 1.29 bits per heavy atom. The maximum absolute atomic E-state index is 10.6. The molecule has 1 N–H and O–H groups in total. The zero-order valence-electron chi connectivity index (χ0n) is 10.0. The topological polar surface area (TPSA) is 46.5 Å². The van der Waals surface area contributed by atoms with Gasteiger partial charge in [-0.1, -0.05) is 30.3 Å². The monoisotopic (exact) mass is 232 g/mol. The molecule has 1 aromatic carbocycles. The Hall–Kier alpha value is -2.03. The zero-order chi connectivity index (χ0) is 12.7. The molecule has 0 heterocycles. The molecule has 0 atom stereocenters. The molecule has 0 fully saturated rings. The summed E-state index contributed by atoms with van der Waals surface area (Å²) in [5.74, 6) is -0.646. The number of carboxylic acid groups (broad SMARTS) is 1. The largest absolute Gasteiger partial charge is 0.494 e. The lowest BCUT2D eigenvalue weighted by Gasteiger charge is -2.05. The molecule has 0 saturated heterocycles. The Morgan fingerprint density at radius 2 is 1.94 bits per heavy atom. The van der Waals surface area contributed by atoms with Crippen LogP contribution in [0.2, 0.25) is 0 Å². The zero-order valence-corrected chi connectivity index (χ0v) is 10.0. The van der Waals surface area contributed by atoms with Gasteiger partial charge in [-0.15, -0.1) is 0 Å². The first kappa shape index (κ1) is 13.0. The summed E-state index contributed by atoms with van der Waals surface area (Å²) in [4.78, 5) is 10.6. The third kappa shape index (κ3) is 4.55. The van der Waals surface area contributed by atoms with Crippen molar-refractivity contribution in [1.82, 2.24) is 0 Å². The summed E-state index contributed by atoms with van der Waals surface area (Å²) in [6.45, 7) is 4.18. The van der Waals surface area contributed by atoms with Crippen molar-refractivity contribution in [2.45, 2.75) is 13.8 Å². The fourth-order valence-electron chi connectivity index (χ4n) is 1.41. The van der Waals surface area contributed by atoms with Gasteiger partial charge in [-0.3, -0.25) is 0 Å². The predicted octanol–water partition coefficient (Wildman–Crippen LogP) is 3.09. The van der Waals surface area contributed by atoms with E-state index in [0.29, 0.717) is 12.4 Å². The quantitative estimate of drug-likeness (QED) is 0.482. The van der Waals surface area contributed by atoms with Crippen LogP contribution in [0.1, 0.15) is 19.4 Å². The SMILES string of the molecule is CCOC(=C\C(=O)O)/C=C(\C)c1ccccc1. The van der Waals surface area contributed by atoms with Crippen LogP contribution < -0.4 is 0 Å². The van der Waals surface area contributed by atoms with Crippen molar-refractivity contribution >= 4 is 11.5 Å². The van der Waals surface area contributed by atoms with Gasteiger partial charge in [0.25, 0.3) is 0 Å². The second kappa shape index (κ2) is 6.53. The van der Waals surface area contributed by atoms with Crippen molar-refractivity contribution in [3.8, 4) is 0 Å². The molecule has 0 aromatic heterocycles. The molecule has 0 unspecified atom stereocenters. The minimum atomic E-state index is -1.01. The number of aliphatic carboxylic acids is 1. The molecule has 0 aliphatic rings. The van der Waals surface area contributed by atoms with E-state index in [9.17, 15) is 4.79 Å². The molecule has 3 heteroatoms. The fourth-order valence-corrected chi connectivity index (χ4v) is 1.41. The normalized spacial score (nSPS) is 12.4. The number of benzene rings is 1. The van der Waals surface area contributed by atoms with Crippen molar-refractivity contribution < 1.29 is 14.6 Å². The highest BCUT2D eigenvalue weighted by Crippen LogP contribution is 2.16. The van der Waals surface area contributed by atoms with Gasteiger partial charge in [0, 0.05) is 0 Å². The number of allylic oxidation sites excluding steroid dienone is 2. The molecule has 0 bridgehead atoms. The van der Waals surface area contributed by atoms with Gasteiger partial charge in [0.05, 0.1) is 12.7 Å². The first-order valence-corrected chi connectivity index (χ1v) is 5.44. The van der Waals surface area contributed by atoms with E-state index in [1.165, 1.54) is 0 Å².